The summed E-state index contributed by atoms with van der Waals surface area (Å²) >= 11 is 0. The number of hydrogen-bond donors (Lipinski definition) is 2. The van der Waals surface area contributed by atoms with Crippen LogP contribution in [0.1, 0.15) is 41.5 Å². The Hall–Kier alpha value is -1.79. The van der Waals surface area contributed by atoms with E-state index in [1.165, 1.54) is 0 Å². The van der Waals surface area contributed by atoms with Gasteiger partial charge in [-0.05, 0) is 41.5 Å². The highest BCUT2D eigenvalue weighted by Gasteiger charge is 2.34. The van der Waals surface area contributed by atoms with Crippen molar-refractivity contribution in [2.45, 2.75) is 58.8 Å². The molecule has 0 aromatic carbocycles. The Morgan fingerprint density at radius 2 is 1.21 bits per heavy atom. The van der Waals surface area contributed by atoms with Gasteiger partial charge < -0.3 is 20.9 Å². The van der Waals surface area contributed by atoms with Crippen molar-refractivity contribution in [1.29, 1.82) is 0 Å². The van der Waals surface area contributed by atoms with E-state index in [0.717, 1.165) is 0 Å². The minimum Gasteiger partial charge on any atom is -0.458 e. The molecule has 19 heavy (non-hydrogen) atoms. The van der Waals surface area contributed by atoms with E-state index < -0.39 is 29.2 Å². The van der Waals surface area contributed by atoms with Gasteiger partial charge in [0, 0.05) is 0 Å². The van der Waals surface area contributed by atoms with Gasteiger partial charge in [-0.15, -0.1) is 0 Å². The molecule has 0 aromatic rings. The smallest absolute Gasteiger partial charge is 0.343 e. The summed E-state index contributed by atoms with van der Waals surface area (Å²) in [4.78, 5) is 27.3. The SMILES string of the molecule is CC(C)(C)OC(=O)C(N=C(N)N)C(=O)OC(C)(C)C. The largest absolute Gasteiger partial charge is 0.458 e. The van der Waals surface area contributed by atoms with E-state index >= 15 is 0 Å². The van der Waals surface area contributed by atoms with Crippen LogP contribution in [-0.2, 0) is 19.1 Å². The minimum absolute atomic E-state index is 0.387. The molecule has 0 spiro atoms. The molecule has 0 aliphatic heterocycles. The fraction of sp³-hybridized carbons (Fsp3) is 0.750. The molecule has 7 heteroatoms. The second-order valence-corrected chi connectivity index (χ2v) is 6.02. The maximum absolute atomic E-state index is 11.9. The average Bonchev–Trinajstić information content (AvgIpc) is 2.07. The second-order valence-electron chi connectivity index (χ2n) is 6.02. The summed E-state index contributed by atoms with van der Waals surface area (Å²) in [5.41, 5.74) is 8.91. The molecule has 0 aliphatic rings. The number of nitrogens with two attached hydrogens (primary N) is 2. The van der Waals surface area contributed by atoms with Gasteiger partial charge in [0.25, 0.3) is 0 Å². The van der Waals surface area contributed by atoms with E-state index in [1.807, 2.05) is 0 Å². The van der Waals surface area contributed by atoms with Gasteiger partial charge in [-0.25, -0.2) is 14.6 Å². The lowest BCUT2D eigenvalue weighted by molar-refractivity contribution is -0.168. The number of rotatable bonds is 3. The lowest BCUT2D eigenvalue weighted by Crippen LogP contribution is -2.41. The van der Waals surface area contributed by atoms with E-state index in [4.69, 9.17) is 20.9 Å². The van der Waals surface area contributed by atoms with Crippen LogP contribution in [0.3, 0.4) is 0 Å². The molecule has 0 radical (unpaired) electrons. The topological polar surface area (TPSA) is 117 Å². The summed E-state index contributed by atoms with van der Waals surface area (Å²) in [6.07, 6.45) is 0. The van der Waals surface area contributed by atoms with Crippen LogP contribution in [0.4, 0.5) is 0 Å². The van der Waals surface area contributed by atoms with Gasteiger partial charge in [-0.1, -0.05) is 0 Å². The number of ether oxygens (including phenoxy) is 2. The van der Waals surface area contributed by atoms with Gasteiger partial charge in [0.1, 0.15) is 11.2 Å². The molecule has 0 saturated carbocycles. The van der Waals surface area contributed by atoms with Gasteiger partial charge >= 0.3 is 11.9 Å². The Kier molecular flexibility index (Phi) is 5.34. The van der Waals surface area contributed by atoms with Gasteiger partial charge in [-0.3, -0.25) is 0 Å². The van der Waals surface area contributed by atoms with Crippen LogP contribution in [-0.4, -0.2) is 35.1 Å². The Morgan fingerprint density at radius 1 is 0.895 bits per heavy atom. The quantitative estimate of drug-likeness (QED) is 0.331. The zero-order valence-corrected chi connectivity index (χ0v) is 12.3. The molecule has 0 bridgehead atoms. The van der Waals surface area contributed by atoms with Gasteiger partial charge in [-0.2, -0.15) is 0 Å². The lowest BCUT2D eigenvalue weighted by Gasteiger charge is -2.24. The average molecular weight is 273 g/mol. The first kappa shape index (κ1) is 17.2. The normalized spacial score (nSPS) is 11.9. The number of hydrogen-bond acceptors (Lipinski definition) is 5. The molecule has 0 fully saturated rings. The van der Waals surface area contributed by atoms with Crippen molar-refractivity contribution in [3.05, 3.63) is 0 Å². The summed E-state index contributed by atoms with van der Waals surface area (Å²) < 4.78 is 10.2. The third kappa shape index (κ3) is 8.01. The number of aliphatic imine (C=N–C) groups is 1. The first-order valence-electron chi connectivity index (χ1n) is 5.86. The summed E-state index contributed by atoms with van der Waals surface area (Å²) in [5.74, 6) is -2.09. The minimum atomic E-state index is -1.51. The van der Waals surface area contributed by atoms with Crippen LogP contribution < -0.4 is 11.5 Å². The molecule has 0 aromatic heterocycles. The van der Waals surface area contributed by atoms with Crippen LogP contribution in [0.2, 0.25) is 0 Å². The number of guanidine groups is 1. The fourth-order valence-electron chi connectivity index (χ4n) is 1.07. The van der Waals surface area contributed by atoms with Crippen molar-refractivity contribution in [3.8, 4) is 0 Å². The van der Waals surface area contributed by atoms with E-state index in [9.17, 15) is 9.59 Å². The molecule has 0 heterocycles. The first-order chi connectivity index (χ1) is 8.32. The van der Waals surface area contributed by atoms with Gasteiger partial charge in [0.2, 0.25) is 6.04 Å². The van der Waals surface area contributed by atoms with E-state index in [1.54, 1.807) is 41.5 Å². The molecular formula is C12H23N3O4. The first-order valence-corrected chi connectivity index (χ1v) is 5.86. The Bertz CT molecular complexity index is 345. The Morgan fingerprint density at radius 3 is 1.42 bits per heavy atom. The predicted octanol–water partition coefficient (Wildman–Crippen LogP) is 0.312. The van der Waals surface area contributed by atoms with E-state index in [0.29, 0.717) is 0 Å². The van der Waals surface area contributed by atoms with Gasteiger partial charge in [0.05, 0.1) is 0 Å². The van der Waals surface area contributed by atoms with Crippen molar-refractivity contribution in [2.75, 3.05) is 0 Å². The van der Waals surface area contributed by atoms with E-state index in [-0.39, 0.29) is 5.96 Å². The summed E-state index contributed by atoms with van der Waals surface area (Å²) in [5, 5.41) is 0. The standard InChI is InChI=1S/C12H23N3O4/c1-11(2,3)18-8(16)7(15-10(13)14)9(17)19-12(4,5)6/h7H,1-6H3,(H4,13,14,15). The molecule has 0 saturated heterocycles. The van der Waals surface area contributed by atoms with Crippen molar-refractivity contribution >= 4 is 17.9 Å². The maximum Gasteiger partial charge on any atom is 0.343 e. The van der Waals surface area contributed by atoms with Crippen LogP contribution in [0.15, 0.2) is 4.99 Å². The van der Waals surface area contributed by atoms with Crippen molar-refractivity contribution in [1.82, 2.24) is 0 Å². The fourth-order valence-corrected chi connectivity index (χ4v) is 1.07. The van der Waals surface area contributed by atoms with Crippen LogP contribution in [0.25, 0.3) is 0 Å². The summed E-state index contributed by atoms with van der Waals surface area (Å²) in [6, 6.07) is -1.51. The highest BCUT2D eigenvalue weighted by atomic mass is 16.6. The zero-order chi connectivity index (χ0) is 15.4. The maximum atomic E-state index is 11.9. The molecule has 4 N–H and O–H groups in total. The zero-order valence-electron chi connectivity index (χ0n) is 12.3. The van der Waals surface area contributed by atoms with Gasteiger partial charge in [0.15, 0.2) is 5.96 Å². The number of carbonyl (C=O) groups is 2. The molecule has 0 atom stereocenters. The van der Waals surface area contributed by atoms with Crippen molar-refractivity contribution < 1.29 is 19.1 Å². The monoisotopic (exact) mass is 273 g/mol. The number of carbonyl (C=O) groups excluding carboxylic acids is 2. The molecule has 7 nitrogen and oxygen atoms in total. The summed E-state index contributed by atoms with van der Waals surface area (Å²) in [6.45, 7) is 10.0. The Labute approximate surface area is 113 Å². The Balaban J connectivity index is 5.08. The molecular weight excluding hydrogens is 250 g/mol. The number of esters is 2. The molecule has 0 amide bonds. The van der Waals surface area contributed by atoms with E-state index in [2.05, 4.69) is 4.99 Å². The lowest BCUT2D eigenvalue weighted by atomic mass is 10.1. The van der Waals surface area contributed by atoms with Crippen LogP contribution in [0, 0.1) is 0 Å². The van der Waals surface area contributed by atoms with Crippen molar-refractivity contribution in [2.24, 2.45) is 16.5 Å². The third-order valence-corrected chi connectivity index (χ3v) is 1.54. The third-order valence-electron chi connectivity index (χ3n) is 1.54. The highest BCUT2D eigenvalue weighted by Crippen LogP contribution is 2.14. The predicted molar refractivity (Wildman–Crippen MR) is 71.3 cm³/mol. The molecule has 0 aliphatic carbocycles. The second kappa shape index (κ2) is 5.90. The molecule has 0 unspecified atom stereocenters. The number of nitrogens with zero attached hydrogens (tertiary/aromatic N) is 1. The van der Waals surface area contributed by atoms with Crippen LogP contribution >= 0.6 is 0 Å². The molecule has 110 valence electrons. The molecule has 0 rings (SSSR count). The highest BCUT2D eigenvalue weighted by molar-refractivity contribution is 6.01. The van der Waals surface area contributed by atoms with Crippen molar-refractivity contribution in [3.63, 3.8) is 0 Å². The summed E-state index contributed by atoms with van der Waals surface area (Å²) in [7, 11) is 0. The van der Waals surface area contributed by atoms with Crippen LogP contribution in [0.5, 0.6) is 0 Å².